The summed E-state index contributed by atoms with van der Waals surface area (Å²) in [5.41, 5.74) is 0.654. The minimum atomic E-state index is 0.0591. The van der Waals surface area contributed by atoms with Crippen LogP contribution in [0.2, 0.25) is 5.02 Å². The van der Waals surface area contributed by atoms with E-state index in [1.165, 1.54) is 0 Å². The number of hydrogen-bond donors (Lipinski definition) is 0. The van der Waals surface area contributed by atoms with Crippen LogP contribution in [-0.4, -0.2) is 23.9 Å². The number of halogens is 2. The standard InChI is InChI=1S/C15H21BrClNO/c1-4-11(5-2)10-18(6-3)15(19)12-7-8-13(16)14(17)9-12/h7-9,11H,4-6,10H2,1-3H3. The summed E-state index contributed by atoms with van der Waals surface area (Å²) in [5.74, 6) is 0.624. The Morgan fingerprint density at radius 2 is 1.95 bits per heavy atom. The number of carbonyl (C=O) groups is 1. The van der Waals surface area contributed by atoms with Crippen molar-refractivity contribution in [3.8, 4) is 0 Å². The van der Waals surface area contributed by atoms with E-state index < -0.39 is 0 Å². The summed E-state index contributed by atoms with van der Waals surface area (Å²) in [4.78, 5) is 14.4. The predicted molar refractivity (Wildman–Crippen MR) is 84.8 cm³/mol. The second kappa shape index (κ2) is 7.91. The third-order valence-electron chi connectivity index (χ3n) is 3.47. The monoisotopic (exact) mass is 345 g/mol. The lowest BCUT2D eigenvalue weighted by Crippen LogP contribution is -2.35. The van der Waals surface area contributed by atoms with E-state index in [1.807, 2.05) is 24.0 Å². The van der Waals surface area contributed by atoms with E-state index >= 15 is 0 Å². The van der Waals surface area contributed by atoms with Crippen molar-refractivity contribution in [2.75, 3.05) is 13.1 Å². The normalized spacial score (nSPS) is 10.8. The van der Waals surface area contributed by atoms with Gasteiger partial charge in [0.15, 0.2) is 0 Å². The molecule has 2 nitrogen and oxygen atoms in total. The Balaban J connectivity index is 2.85. The van der Waals surface area contributed by atoms with Crippen LogP contribution in [-0.2, 0) is 0 Å². The van der Waals surface area contributed by atoms with Gasteiger partial charge in [0.05, 0.1) is 5.02 Å². The van der Waals surface area contributed by atoms with Crippen LogP contribution in [0, 0.1) is 5.92 Å². The molecule has 0 unspecified atom stereocenters. The molecular formula is C15H21BrClNO. The molecule has 0 aliphatic heterocycles. The van der Waals surface area contributed by atoms with Gasteiger partial charge in [0.2, 0.25) is 0 Å². The van der Waals surface area contributed by atoms with Crippen LogP contribution in [0.3, 0.4) is 0 Å². The van der Waals surface area contributed by atoms with E-state index in [0.29, 0.717) is 16.5 Å². The molecule has 1 rings (SSSR count). The molecular weight excluding hydrogens is 326 g/mol. The van der Waals surface area contributed by atoms with Gasteiger partial charge in [-0.2, -0.15) is 0 Å². The number of amides is 1. The van der Waals surface area contributed by atoms with Gasteiger partial charge in [0.1, 0.15) is 0 Å². The van der Waals surface area contributed by atoms with Gasteiger partial charge in [-0.15, -0.1) is 0 Å². The molecule has 0 radical (unpaired) electrons. The highest BCUT2D eigenvalue weighted by Crippen LogP contribution is 2.24. The zero-order valence-electron chi connectivity index (χ0n) is 11.7. The largest absolute Gasteiger partial charge is 0.339 e. The molecule has 19 heavy (non-hydrogen) atoms. The summed E-state index contributed by atoms with van der Waals surface area (Å²) in [6.45, 7) is 7.89. The molecule has 0 saturated carbocycles. The van der Waals surface area contributed by atoms with Crippen molar-refractivity contribution in [2.45, 2.75) is 33.6 Å². The lowest BCUT2D eigenvalue weighted by Gasteiger charge is -2.25. The van der Waals surface area contributed by atoms with Gasteiger partial charge in [-0.1, -0.05) is 38.3 Å². The fraction of sp³-hybridized carbons (Fsp3) is 0.533. The number of benzene rings is 1. The van der Waals surface area contributed by atoms with Crippen LogP contribution in [0.15, 0.2) is 22.7 Å². The molecule has 0 fully saturated rings. The van der Waals surface area contributed by atoms with Gasteiger partial charge in [0.25, 0.3) is 5.91 Å². The molecule has 0 N–H and O–H groups in total. The van der Waals surface area contributed by atoms with Crippen molar-refractivity contribution >= 4 is 33.4 Å². The zero-order chi connectivity index (χ0) is 14.4. The summed E-state index contributed by atoms with van der Waals surface area (Å²) < 4.78 is 0.814. The Bertz CT molecular complexity index is 432. The quantitative estimate of drug-likeness (QED) is 0.709. The molecule has 0 atom stereocenters. The maximum Gasteiger partial charge on any atom is 0.253 e. The van der Waals surface area contributed by atoms with Crippen LogP contribution in [0.1, 0.15) is 44.0 Å². The van der Waals surface area contributed by atoms with Crippen molar-refractivity contribution < 1.29 is 4.79 Å². The van der Waals surface area contributed by atoms with Crippen molar-refractivity contribution in [3.05, 3.63) is 33.3 Å². The van der Waals surface area contributed by atoms with Crippen LogP contribution >= 0.6 is 27.5 Å². The lowest BCUT2D eigenvalue weighted by atomic mass is 10.0. The first-order chi connectivity index (χ1) is 9.03. The van der Waals surface area contributed by atoms with Gasteiger partial charge in [0, 0.05) is 23.1 Å². The van der Waals surface area contributed by atoms with E-state index in [-0.39, 0.29) is 5.91 Å². The lowest BCUT2D eigenvalue weighted by molar-refractivity contribution is 0.0735. The first-order valence-corrected chi connectivity index (χ1v) is 7.94. The topological polar surface area (TPSA) is 20.3 Å². The second-order valence-corrected chi connectivity index (χ2v) is 5.92. The van der Waals surface area contributed by atoms with Crippen molar-refractivity contribution in [1.82, 2.24) is 4.90 Å². The molecule has 1 aromatic rings. The van der Waals surface area contributed by atoms with E-state index in [1.54, 1.807) is 6.07 Å². The summed E-state index contributed by atoms with van der Waals surface area (Å²) in [7, 11) is 0. The number of carbonyl (C=O) groups excluding carboxylic acids is 1. The molecule has 4 heteroatoms. The molecule has 0 aliphatic carbocycles. The maximum atomic E-state index is 12.5. The number of rotatable bonds is 6. The third kappa shape index (κ3) is 4.50. The fourth-order valence-corrected chi connectivity index (χ4v) is 2.45. The fourth-order valence-electron chi connectivity index (χ4n) is 2.03. The van der Waals surface area contributed by atoms with E-state index in [9.17, 15) is 4.79 Å². The molecule has 0 aromatic heterocycles. The minimum Gasteiger partial charge on any atom is -0.339 e. The van der Waals surface area contributed by atoms with Crippen molar-refractivity contribution in [3.63, 3.8) is 0 Å². The van der Waals surface area contributed by atoms with Gasteiger partial charge in [-0.25, -0.2) is 0 Å². The molecule has 0 saturated heterocycles. The summed E-state index contributed by atoms with van der Waals surface area (Å²) >= 11 is 9.39. The number of nitrogens with zero attached hydrogens (tertiary/aromatic N) is 1. The molecule has 0 heterocycles. The third-order valence-corrected chi connectivity index (χ3v) is 4.70. The van der Waals surface area contributed by atoms with E-state index in [2.05, 4.69) is 29.8 Å². The van der Waals surface area contributed by atoms with Crippen LogP contribution in [0.5, 0.6) is 0 Å². The van der Waals surface area contributed by atoms with E-state index in [4.69, 9.17) is 11.6 Å². The minimum absolute atomic E-state index is 0.0591. The van der Waals surface area contributed by atoms with Crippen molar-refractivity contribution in [2.24, 2.45) is 5.92 Å². The first-order valence-electron chi connectivity index (χ1n) is 6.77. The van der Waals surface area contributed by atoms with Crippen LogP contribution < -0.4 is 0 Å². The second-order valence-electron chi connectivity index (χ2n) is 4.66. The first kappa shape index (κ1) is 16.5. The molecule has 1 amide bonds. The highest BCUT2D eigenvalue weighted by Gasteiger charge is 2.18. The average Bonchev–Trinajstić information content (AvgIpc) is 2.42. The molecule has 0 bridgehead atoms. The summed E-state index contributed by atoms with van der Waals surface area (Å²) in [5, 5.41) is 0.574. The highest BCUT2D eigenvalue weighted by atomic mass is 79.9. The Morgan fingerprint density at radius 1 is 1.32 bits per heavy atom. The SMILES string of the molecule is CCC(CC)CN(CC)C(=O)c1ccc(Br)c(Cl)c1. The van der Waals surface area contributed by atoms with E-state index in [0.717, 1.165) is 30.4 Å². The summed E-state index contributed by atoms with van der Waals surface area (Å²) in [6.07, 6.45) is 2.20. The predicted octanol–water partition coefficient (Wildman–Crippen LogP) is 5.00. The van der Waals surface area contributed by atoms with Gasteiger partial charge in [-0.05, 0) is 47.0 Å². The maximum absolute atomic E-state index is 12.5. The Hall–Kier alpha value is -0.540. The van der Waals surface area contributed by atoms with Gasteiger partial charge >= 0.3 is 0 Å². The molecule has 0 aliphatic rings. The number of hydrogen-bond acceptors (Lipinski definition) is 1. The van der Waals surface area contributed by atoms with Crippen molar-refractivity contribution in [1.29, 1.82) is 0 Å². The molecule has 0 spiro atoms. The van der Waals surface area contributed by atoms with Crippen LogP contribution in [0.4, 0.5) is 0 Å². The van der Waals surface area contributed by atoms with Gasteiger partial charge < -0.3 is 4.90 Å². The zero-order valence-corrected chi connectivity index (χ0v) is 14.1. The summed E-state index contributed by atoms with van der Waals surface area (Å²) in [6, 6.07) is 5.36. The Morgan fingerprint density at radius 3 is 2.42 bits per heavy atom. The molecule has 106 valence electrons. The van der Waals surface area contributed by atoms with Gasteiger partial charge in [-0.3, -0.25) is 4.79 Å². The average molecular weight is 347 g/mol. The smallest absolute Gasteiger partial charge is 0.253 e. The molecule has 1 aromatic carbocycles. The highest BCUT2D eigenvalue weighted by molar-refractivity contribution is 9.10. The van der Waals surface area contributed by atoms with Crippen LogP contribution in [0.25, 0.3) is 0 Å². The Labute approximate surface area is 129 Å². The Kier molecular flexibility index (Phi) is 6.87.